The first kappa shape index (κ1) is 15.2. The summed E-state index contributed by atoms with van der Waals surface area (Å²) in [5.41, 5.74) is -0.359. The summed E-state index contributed by atoms with van der Waals surface area (Å²) in [7, 11) is 0. The average Bonchev–Trinajstić information content (AvgIpc) is 2.58. The second-order valence-electron chi connectivity index (χ2n) is 4.87. The van der Waals surface area contributed by atoms with Crippen molar-refractivity contribution < 1.29 is 14.3 Å². The molecule has 6 nitrogen and oxygen atoms in total. The first-order chi connectivity index (χ1) is 11.0. The van der Waals surface area contributed by atoms with Crippen LogP contribution in [0.15, 0.2) is 48.5 Å². The van der Waals surface area contributed by atoms with Crippen LogP contribution in [0.3, 0.4) is 0 Å². The Morgan fingerprint density at radius 1 is 1.17 bits per heavy atom. The lowest BCUT2D eigenvalue weighted by atomic mass is 10.1. The SMILES string of the molecule is O=C(c1ccc(Cl)cc1)c1c(CO)n([O-])c2ccccc2[n+]1=O. The minimum Gasteiger partial charge on any atom is -0.805 e. The molecule has 0 radical (unpaired) electrons. The van der Waals surface area contributed by atoms with Gasteiger partial charge in [0.05, 0.1) is 11.0 Å². The van der Waals surface area contributed by atoms with Gasteiger partial charge in [0.25, 0.3) is 11.3 Å². The Kier molecular flexibility index (Phi) is 3.85. The molecule has 3 aromatic rings. The molecular weight excluding hydrogens is 320 g/mol. The zero-order valence-corrected chi connectivity index (χ0v) is 12.5. The molecule has 0 saturated heterocycles. The number of rotatable bonds is 3. The van der Waals surface area contributed by atoms with Crippen LogP contribution in [0.5, 0.6) is 0 Å². The van der Waals surface area contributed by atoms with Crippen LogP contribution in [0.1, 0.15) is 21.7 Å². The van der Waals surface area contributed by atoms with Crippen molar-refractivity contribution in [3.05, 3.63) is 80.6 Å². The van der Waals surface area contributed by atoms with E-state index in [1.807, 2.05) is 0 Å². The quantitative estimate of drug-likeness (QED) is 0.589. The Labute approximate surface area is 135 Å². The van der Waals surface area contributed by atoms with Crippen LogP contribution in [-0.4, -0.2) is 15.6 Å². The van der Waals surface area contributed by atoms with Gasteiger partial charge in [-0.05, 0) is 30.3 Å². The van der Waals surface area contributed by atoms with Crippen LogP contribution in [0, 0.1) is 10.1 Å². The molecule has 116 valence electrons. The van der Waals surface area contributed by atoms with Gasteiger partial charge >= 0.3 is 5.69 Å². The number of halogens is 1. The molecule has 0 aliphatic heterocycles. The number of aliphatic hydroxyl groups is 1. The van der Waals surface area contributed by atoms with Crippen LogP contribution in [0.4, 0.5) is 0 Å². The molecule has 0 aliphatic rings. The maximum absolute atomic E-state index is 12.6. The third kappa shape index (κ3) is 2.48. The topological polar surface area (TPSA) is 88.3 Å². The summed E-state index contributed by atoms with van der Waals surface area (Å²) in [6, 6.07) is 12.0. The van der Waals surface area contributed by atoms with Crippen LogP contribution in [0.2, 0.25) is 5.02 Å². The molecule has 0 aliphatic carbocycles. The van der Waals surface area contributed by atoms with E-state index < -0.39 is 18.1 Å². The molecule has 0 saturated carbocycles. The van der Waals surface area contributed by atoms with Crippen molar-refractivity contribution in [1.29, 1.82) is 0 Å². The summed E-state index contributed by atoms with van der Waals surface area (Å²) in [6.45, 7) is -0.731. The Hall–Kier alpha value is -2.70. The molecule has 0 fully saturated rings. The van der Waals surface area contributed by atoms with Crippen LogP contribution in [0.25, 0.3) is 11.0 Å². The Balaban J connectivity index is 2.32. The molecule has 1 N–H and O–H groups in total. The summed E-state index contributed by atoms with van der Waals surface area (Å²) in [6.07, 6.45) is 0. The minimum absolute atomic E-state index is 0.0528. The van der Waals surface area contributed by atoms with E-state index in [0.717, 1.165) is 0 Å². The summed E-state index contributed by atoms with van der Waals surface area (Å²) >= 11 is 5.78. The number of para-hydroxylation sites is 2. The number of aliphatic hydroxyl groups excluding tert-OH is 1. The number of benzene rings is 2. The number of hydrogen-bond acceptors (Lipinski definition) is 4. The average molecular weight is 331 g/mol. The highest BCUT2D eigenvalue weighted by Gasteiger charge is 2.29. The maximum atomic E-state index is 12.6. The monoisotopic (exact) mass is 330 g/mol. The van der Waals surface area contributed by atoms with Gasteiger partial charge in [0.1, 0.15) is 11.2 Å². The Morgan fingerprint density at radius 2 is 1.83 bits per heavy atom. The smallest absolute Gasteiger partial charge is 0.332 e. The normalized spacial score (nSPS) is 10.9. The maximum Gasteiger partial charge on any atom is 0.332 e. The van der Waals surface area contributed by atoms with E-state index in [1.54, 1.807) is 12.1 Å². The molecule has 1 aromatic heterocycles. The second-order valence-corrected chi connectivity index (χ2v) is 5.30. The molecule has 0 amide bonds. The van der Waals surface area contributed by atoms with Crippen molar-refractivity contribution in [1.82, 2.24) is 4.73 Å². The summed E-state index contributed by atoms with van der Waals surface area (Å²) in [4.78, 5) is 25.2. The van der Waals surface area contributed by atoms with Crippen LogP contribution >= 0.6 is 11.6 Å². The predicted molar refractivity (Wildman–Crippen MR) is 84.9 cm³/mol. The van der Waals surface area contributed by atoms with Gasteiger partial charge in [0.15, 0.2) is 0 Å². The lowest BCUT2D eigenvalue weighted by molar-refractivity contribution is -0.468. The van der Waals surface area contributed by atoms with E-state index in [2.05, 4.69) is 0 Å². The molecule has 0 atom stereocenters. The molecule has 0 unspecified atom stereocenters. The minimum atomic E-state index is -0.731. The van der Waals surface area contributed by atoms with Crippen molar-refractivity contribution in [3.8, 4) is 0 Å². The van der Waals surface area contributed by atoms with E-state index in [9.17, 15) is 20.0 Å². The highest BCUT2D eigenvalue weighted by molar-refractivity contribution is 6.30. The number of ketones is 1. The van der Waals surface area contributed by atoms with Gasteiger partial charge in [0, 0.05) is 21.6 Å². The number of carbonyl (C=O) groups excluding carboxylic acids is 1. The van der Waals surface area contributed by atoms with Gasteiger partial charge in [-0.25, -0.2) is 0 Å². The predicted octanol–water partition coefficient (Wildman–Crippen LogP) is 2.28. The first-order valence-electron chi connectivity index (χ1n) is 6.72. The number of hydrogen-bond donors (Lipinski definition) is 1. The highest BCUT2D eigenvalue weighted by Crippen LogP contribution is 2.18. The zero-order chi connectivity index (χ0) is 16.6. The van der Waals surface area contributed by atoms with Gasteiger partial charge in [0.2, 0.25) is 0 Å². The number of fused-ring (bicyclic) bond motifs is 1. The van der Waals surface area contributed by atoms with Crippen molar-refractivity contribution in [2.75, 3.05) is 0 Å². The second kappa shape index (κ2) is 5.83. The molecule has 7 heteroatoms. The van der Waals surface area contributed by atoms with E-state index >= 15 is 0 Å². The van der Waals surface area contributed by atoms with Crippen LogP contribution < -0.4 is 4.43 Å². The summed E-state index contributed by atoms with van der Waals surface area (Å²) < 4.78 is 0.791. The number of aromatic nitrogens is 2. The molecule has 0 spiro atoms. The number of carbonyl (C=O) groups is 1. The summed E-state index contributed by atoms with van der Waals surface area (Å²) in [5.74, 6) is -0.656. The third-order valence-electron chi connectivity index (χ3n) is 3.51. The molecule has 0 bridgehead atoms. The standard InChI is InChI=1S/C16H11ClN2O4/c17-11-7-5-10(6-8-11)16(21)15-14(9-20)18(22)12-3-1-2-4-13(12)19(15)23/h1-8,20H,9H2. The van der Waals surface area contributed by atoms with Crippen LogP contribution in [-0.2, 0) is 6.61 Å². The fourth-order valence-electron chi connectivity index (χ4n) is 2.39. The van der Waals surface area contributed by atoms with Crippen molar-refractivity contribution in [2.45, 2.75) is 6.61 Å². The van der Waals surface area contributed by atoms with Crippen molar-refractivity contribution >= 4 is 28.4 Å². The lowest BCUT2D eigenvalue weighted by Gasteiger charge is -2.17. The molecule has 3 rings (SSSR count). The Morgan fingerprint density at radius 3 is 2.48 bits per heavy atom. The lowest BCUT2D eigenvalue weighted by Crippen LogP contribution is -2.31. The fraction of sp³-hybridized carbons (Fsp3) is 0.0625. The number of nitrogens with zero attached hydrogens (tertiary/aromatic N) is 2. The molecule has 2 aromatic carbocycles. The van der Waals surface area contributed by atoms with E-state index in [4.69, 9.17) is 11.6 Å². The first-order valence-corrected chi connectivity index (χ1v) is 7.10. The van der Waals surface area contributed by atoms with Gasteiger partial charge in [-0.3, -0.25) is 4.79 Å². The summed E-state index contributed by atoms with van der Waals surface area (Å²) in [5, 5.41) is 22.3. The van der Waals surface area contributed by atoms with Gasteiger partial charge in [-0.2, -0.15) is 0 Å². The molecule has 23 heavy (non-hydrogen) atoms. The van der Waals surface area contributed by atoms with Crippen molar-refractivity contribution in [2.24, 2.45) is 0 Å². The molecular formula is C16H11ClN2O4. The fourth-order valence-corrected chi connectivity index (χ4v) is 2.51. The van der Waals surface area contributed by atoms with E-state index in [0.29, 0.717) is 14.2 Å². The van der Waals surface area contributed by atoms with E-state index in [1.165, 1.54) is 36.4 Å². The Bertz CT molecular complexity index is 964. The largest absolute Gasteiger partial charge is 0.805 e. The van der Waals surface area contributed by atoms with E-state index in [-0.39, 0.29) is 22.3 Å². The highest BCUT2D eigenvalue weighted by atomic mass is 35.5. The van der Waals surface area contributed by atoms with Gasteiger partial charge in [-0.15, -0.1) is 0 Å². The zero-order valence-electron chi connectivity index (χ0n) is 11.8. The molecule has 1 heterocycles. The third-order valence-corrected chi connectivity index (χ3v) is 3.76. The van der Waals surface area contributed by atoms with Crippen molar-refractivity contribution in [3.63, 3.8) is 0 Å². The van der Waals surface area contributed by atoms with Gasteiger partial charge in [-0.1, -0.05) is 23.7 Å². The van der Waals surface area contributed by atoms with Gasteiger partial charge < -0.3 is 15.0 Å².